The largest absolute Gasteiger partial charge is 0.355 e. The van der Waals surface area contributed by atoms with Crippen LogP contribution in [0.15, 0.2) is 0 Å². The molecule has 0 aliphatic carbocycles. The highest BCUT2D eigenvalue weighted by molar-refractivity contribution is 5.72. The molecule has 3 heteroatoms. The third-order valence-electron chi connectivity index (χ3n) is 1.28. The van der Waals surface area contributed by atoms with Crippen molar-refractivity contribution in [3.05, 3.63) is 0 Å². The molecule has 0 heterocycles. The van der Waals surface area contributed by atoms with Crippen LogP contribution >= 0.6 is 0 Å². The van der Waals surface area contributed by atoms with Gasteiger partial charge in [0.15, 0.2) is 0 Å². The lowest BCUT2D eigenvalue weighted by Crippen LogP contribution is -2.41. The zero-order chi connectivity index (χ0) is 8.85. The van der Waals surface area contributed by atoms with Crippen molar-refractivity contribution >= 4 is 5.91 Å². The highest BCUT2D eigenvalue weighted by atomic mass is 16.1. The van der Waals surface area contributed by atoms with Gasteiger partial charge in [-0.25, -0.2) is 0 Å². The van der Waals surface area contributed by atoms with Gasteiger partial charge >= 0.3 is 0 Å². The molecule has 1 atom stereocenters. The minimum Gasteiger partial charge on any atom is -0.355 e. The van der Waals surface area contributed by atoms with Crippen LogP contribution in [0.4, 0.5) is 0 Å². The second kappa shape index (κ2) is 5.13. The monoisotopic (exact) mass is 158 g/mol. The Hall–Kier alpha value is -0.570. The molecule has 0 radical (unpaired) electrons. The summed E-state index contributed by atoms with van der Waals surface area (Å²) in [5, 5.41) is 6.03. The minimum atomic E-state index is 0.0300. The molecular weight excluding hydrogens is 140 g/mol. The molecule has 11 heavy (non-hydrogen) atoms. The number of carbonyl (C=O) groups excluding carboxylic acids is 1. The topological polar surface area (TPSA) is 41.1 Å². The van der Waals surface area contributed by atoms with E-state index in [2.05, 4.69) is 31.4 Å². The summed E-state index contributed by atoms with van der Waals surface area (Å²) in [4.78, 5) is 10.5. The number of amides is 1. The first-order chi connectivity index (χ1) is 5.02. The molecule has 0 spiro atoms. The summed E-state index contributed by atoms with van der Waals surface area (Å²) < 4.78 is 0. The number of carbonyl (C=O) groups is 1. The van der Waals surface area contributed by atoms with Gasteiger partial charge in [-0.15, -0.1) is 0 Å². The van der Waals surface area contributed by atoms with E-state index >= 15 is 0 Å². The molecule has 3 nitrogen and oxygen atoms in total. The normalized spacial score (nSPS) is 13.2. The quantitative estimate of drug-likeness (QED) is 0.626. The first-order valence-corrected chi connectivity index (χ1v) is 4.03. The van der Waals surface area contributed by atoms with Crippen molar-refractivity contribution in [2.75, 3.05) is 6.54 Å². The summed E-state index contributed by atoms with van der Waals surface area (Å²) in [5.74, 6) is 0.0300. The van der Waals surface area contributed by atoms with Gasteiger partial charge in [-0.1, -0.05) is 13.8 Å². The fraction of sp³-hybridized carbons (Fsp3) is 0.875. The van der Waals surface area contributed by atoms with E-state index < -0.39 is 0 Å². The van der Waals surface area contributed by atoms with Crippen LogP contribution in [0.3, 0.4) is 0 Å². The fourth-order valence-electron chi connectivity index (χ4n) is 0.925. The minimum absolute atomic E-state index is 0.0300. The zero-order valence-electron chi connectivity index (χ0n) is 7.77. The highest BCUT2D eigenvalue weighted by Gasteiger charge is 2.02. The second-order valence-electron chi connectivity index (χ2n) is 3.16. The molecule has 0 saturated heterocycles. The average molecular weight is 158 g/mol. The zero-order valence-corrected chi connectivity index (χ0v) is 7.77. The van der Waals surface area contributed by atoms with Gasteiger partial charge in [0, 0.05) is 25.6 Å². The van der Waals surface area contributed by atoms with E-state index in [1.807, 2.05) is 0 Å². The van der Waals surface area contributed by atoms with Gasteiger partial charge in [-0.05, 0) is 6.92 Å². The number of nitrogens with one attached hydrogen (secondary N) is 2. The Bertz CT molecular complexity index is 123. The lowest BCUT2D eigenvalue weighted by molar-refractivity contribution is -0.119. The van der Waals surface area contributed by atoms with E-state index in [0.717, 1.165) is 0 Å². The van der Waals surface area contributed by atoms with Crippen LogP contribution in [0.1, 0.15) is 27.7 Å². The lowest BCUT2D eigenvalue weighted by Gasteiger charge is -2.16. The van der Waals surface area contributed by atoms with E-state index in [1.54, 1.807) is 0 Å². The number of hydrogen-bond acceptors (Lipinski definition) is 2. The highest BCUT2D eigenvalue weighted by Crippen LogP contribution is 1.83. The smallest absolute Gasteiger partial charge is 0.216 e. The average Bonchev–Trinajstić information content (AvgIpc) is 1.82. The SMILES string of the molecule is CC(=O)NCC(C)NC(C)C. The molecular formula is C8H18N2O. The Morgan fingerprint density at radius 3 is 2.27 bits per heavy atom. The Morgan fingerprint density at radius 1 is 1.36 bits per heavy atom. The Balaban J connectivity index is 3.37. The van der Waals surface area contributed by atoms with Crippen LogP contribution in [0.25, 0.3) is 0 Å². The summed E-state index contributed by atoms with van der Waals surface area (Å²) in [6, 6.07) is 0.817. The van der Waals surface area contributed by atoms with Gasteiger partial charge < -0.3 is 10.6 Å². The molecule has 0 aromatic rings. The van der Waals surface area contributed by atoms with Crippen molar-refractivity contribution in [2.45, 2.75) is 39.8 Å². The van der Waals surface area contributed by atoms with E-state index in [9.17, 15) is 4.79 Å². The van der Waals surface area contributed by atoms with Crippen molar-refractivity contribution in [3.8, 4) is 0 Å². The maximum atomic E-state index is 10.5. The van der Waals surface area contributed by atoms with Crippen LogP contribution in [-0.4, -0.2) is 24.5 Å². The molecule has 1 amide bonds. The summed E-state index contributed by atoms with van der Waals surface area (Å²) >= 11 is 0. The van der Waals surface area contributed by atoms with Crippen LogP contribution < -0.4 is 10.6 Å². The second-order valence-corrected chi connectivity index (χ2v) is 3.16. The molecule has 0 bridgehead atoms. The predicted octanol–water partition coefficient (Wildman–Crippen LogP) is 0.509. The maximum absolute atomic E-state index is 10.5. The van der Waals surface area contributed by atoms with Crippen LogP contribution in [-0.2, 0) is 4.79 Å². The maximum Gasteiger partial charge on any atom is 0.216 e. The molecule has 1 unspecified atom stereocenters. The summed E-state index contributed by atoms with van der Waals surface area (Å²) in [6.45, 7) is 8.46. The van der Waals surface area contributed by atoms with Crippen molar-refractivity contribution < 1.29 is 4.79 Å². The van der Waals surface area contributed by atoms with Crippen LogP contribution in [0.2, 0.25) is 0 Å². The third kappa shape index (κ3) is 7.33. The molecule has 0 fully saturated rings. The molecule has 0 aliphatic rings. The summed E-state index contributed by atoms with van der Waals surface area (Å²) in [7, 11) is 0. The van der Waals surface area contributed by atoms with Gasteiger partial charge in [0.2, 0.25) is 5.91 Å². The van der Waals surface area contributed by atoms with Crippen molar-refractivity contribution in [1.29, 1.82) is 0 Å². The molecule has 66 valence electrons. The van der Waals surface area contributed by atoms with Gasteiger partial charge in [0.25, 0.3) is 0 Å². The van der Waals surface area contributed by atoms with Gasteiger partial charge in [-0.2, -0.15) is 0 Å². The molecule has 0 aromatic carbocycles. The third-order valence-corrected chi connectivity index (χ3v) is 1.28. The molecule has 2 N–H and O–H groups in total. The van der Waals surface area contributed by atoms with Crippen LogP contribution in [0, 0.1) is 0 Å². The Kier molecular flexibility index (Phi) is 4.86. The molecule has 0 aliphatic heterocycles. The Labute approximate surface area is 68.6 Å². The number of hydrogen-bond donors (Lipinski definition) is 2. The fourth-order valence-corrected chi connectivity index (χ4v) is 0.925. The van der Waals surface area contributed by atoms with Gasteiger partial charge in [0.1, 0.15) is 0 Å². The van der Waals surface area contributed by atoms with Crippen molar-refractivity contribution in [1.82, 2.24) is 10.6 Å². The molecule has 0 saturated carbocycles. The lowest BCUT2D eigenvalue weighted by atomic mass is 10.3. The van der Waals surface area contributed by atoms with E-state index in [4.69, 9.17) is 0 Å². The first kappa shape index (κ1) is 10.4. The molecule has 0 rings (SSSR count). The summed E-state index contributed by atoms with van der Waals surface area (Å²) in [6.07, 6.45) is 0. The molecule has 0 aromatic heterocycles. The van der Waals surface area contributed by atoms with E-state index in [1.165, 1.54) is 6.92 Å². The van der Waals surface area contributed by atoms with Crippen molar-refractivity contribution in [2.24, 2.45) is 0 Å². The first-order valence-electron chi connectivity index (χ1n) is 4.03. The standard InChI is InChI=1S/C8H18N2O/c1-6(2)10-7(3)5-9-8(4)11/h6-7,10H,5H2,1-4H3,(H,9,11). The van der Waals surface area contributed by atoms with E-state index in [0.29, 0.717) is 18.6 Å². The van der Waals surface area contributed by atoms with Crippen molar-refractivity contribution in [3.63, 3.8) is 0 Å². The van der Waals surface area contributed by atoms with Crippen LogP contribution in [0.5, 0.6) is 0 Å². The number of rotatable bonds is 4. The van der Waals surface area contributed by atoms with E-state index in [-0.39, 0.29) is 5.91 Å². The Morgan fingerprint density at radius 2 is 1.91 bits per heavy atom. The summed E-state index contributed by atoms with van der Waals surface area (Å²) in [5.41, 5.74) is 0. The van der Waals surface area contributed by atoms with Gasteiger partial charge in [-0.3, -0.25) is 4.79 Å². The van der Waals surface area contributed by atoms with Gasteiger partial charge in [0.05, 0.1) is 0 Å². The predicted molar refractivity (Wildman–Crippen MR) is 46.4 cm³/mol.